The summed E-state index contributed by atoms with van der Waals surface area (Å²) in [7, 11) is 0. The molecule has 0 unspecified atom stereocenters. The Kier molecular flexibility index (Phi) is 2.90. The largest absolute Gasteiger partial charge is 0.478 e. The highest BCUT2D eigenvalue weighted by Crippen LogP contribution is 2.28. The Morgan fingerprint density at radius 3 is 2.50 bits per heavy atom. The number of aromatic carboxylic acids is 1. The van der Waals surface area contributed by atoms with Crippen molar-refractivity contribution in [3.05, 3.63) is 32.2 Å². The fourth-order valence-electron chi connectivity index (χ4n) is 0.884. The fourth-order valence-corrected chi connectivity index (χ4v) is 1.66. The molecular weight excluding hydrogens is 288 g/mol. The third kappa shape index (κ3) is 1.69. The number of hydrogen-bond donors (Lipinski definition) is 1. The van der Waals surface area contributed by atoms with Crippen LogP contribution in [0.5, 0.6) is 0 Å². The summed E-state index contributed by atoms with van der Waals surface area (Å²) in [6, 6.07) is 3.28. The minimum Gasteiger partial charge on any atom is -0.478 e. The van der Waals surface area contributed by atoms with Crippen molar-refractivity contribution in [1.82, 2.24) is 0 Å². The van der Waals surface area contributed by atoms with E-state index in [0.717, 1.165) is 14.5 Å². The summed E-state index contributed by atoms with van der Waals surface area (Å²) in [6.07, 6.45) is 0. The Bertz CT molecular complexity index is 334. The SMILES string of the molecule is Cc1c(C(=O)O)ccc(Br)c1Br. The lowest BCUT2D eigenvalue weighted by Gasteiger charge is -2.04. The molecule has 0 saturated heterocycles. The van der Waals surface area contributed by atoms with Crippen molar-refractivity contribution < 1.29 is 9.90 Å². The van der Waals surface area contributed by atoms with Gasteiger partial charge in [-0.1, -0.05) is 0 Å². The number of carbonyl (C=O) groups is 1. The Morgan fingerprint density at radius 2 is 2.00 bits per heavy atom. The van der Waals surface area contributed by atoms with Crippen LogP contribution in [0.2, 0.25) is 0 Å². The van der Waals surface area contributed by atoms with Crippen LogP contribution in [0.4, 0.5) is 0 Å². The molecule has 0 radical (unpaired) electrons. The van der Waals surface area contributed by atoms with Crippen LogP contribution in [0, 0.1) is 6.92 Å². The second-order valence-corrected chi connectivity index (χ2v) is 3.99. The third-order valence-electron chi connectivity index (χ3n) is 1.57. The highest BCUT2D eigenvalue weighted by Gasteiger charge is 2.10. The van der Waals surface area contributed by atoms with Crippen LogP contribution in [0.15, 0.2) is 21.1 Å². The van der Waals surface area contributed by atoms with E-state index in [2.05, 4.69) is 31.9 Å². The van der Waals surface area contributed by atoms with Gasteiger partial charge in [0.15, 0.2) is 0 Å². The zero-order valence-corrected chi connectivity index (χ0v) is 9.44. The normalized spacial score (nSPS) is 9.92. The average molecular weight is 294 g/mol. The Balaban J connectivity index is 3.36. The summed E-state index contributed by atoms with van der Waals surface area (Å²) < 4.78 is 1.66. The first-order chi connectivity index (χ1) is 5.54. The third-order valence-corrected chi connectivity index (χ3v) is 3.78. The van der Waals surface area contributed by atoms with Crippen LogP contribution < -0.4 is 0 Å². The molecule has 2 nitrogen and oxygen atoms in total. The quantitative estimate of drug-likeness (QED) is 0.863. The number of carboxylic acids is 1. The number of rotatable bonds is 1. The van der Waals surface area contributed by atoms with Gasteiger partial charge in [-0.3, -0.25) is 0 Å². The molecule has 1 N–H and O–H groups in total. The number of carboxylic acid groups (broad SMARTS) is 1. The van der Waals surface area contributed by atoms with Crippen LogP contribution in [-0.2, 0) is 0 Å². The van der Waals surface area contributed by atoms with Gasteiger partial charge in [0, 0.05) is 8.95 Å². The molecule has 0 aliphatic rings. The fraction of sp³-hybridized carbons (Fsp3) is 0.125. The van der Waals surface area contributed by atoms with Gasteiger partial charge in [-0.15, -0.1) is 0 Å². The molecule has 1 aromatic carbocycles. The van der Waals surface area contributed by atoms with Gasteiger partial charge < -0.3 is 5.11 Å². The van der Waals surface area contributed by atoms with E-state index >= 15 is 0 Å². The monoisotopic (exact) mass is 292 g/mol. The summed E-state index contributed by atoms with van der Waals surface area (Å²) in [6.45, 7) is 1.76. The molecule has 0 amide bonds. The van der Waals surface area contributed by atoms with Crippen molar-refractivity contribution in [3.8, 4) is 0 Å². The van der Waals surface area contributed by atoms with Crippen molar-refractivity contribution in [2.75, 3.05) is 0 Å². The van der Waals surface area contributed by atoms with Crippen molar-refractivity contribution in [2.24, 2.45) is 0 Å². The molecule has 0 aromatic heterocycles. The topological polar surface area (TPSA) is 37.3 Å². The highest BCUT2D eigenvalue weighted by molar-refractivity contribution is 9.13. The van der Waals surface area contributed by atoms with Gasteiger partial charge in [0.25, 0.3) is 0 Å². The maximum absolute atomic E-state index is 10.6. The predicted octanol–water partition coefficient (Wildman–Crippen LogP) is 3.22. The molecule has 0 fully saturated rings. The van der Waals surface area contributed by atoms with Gasteiger partial charge in [-0.2, -0.15) is 0 Å². The minimum absolute atomic E-state index is 0.324. The predicted molar refractivity (Wildman–Crippen MR) is 53.5 cm³/mol. The minimum atomic E-state index is -0.902. The van der Waals surface area contributed by atoms with E-state index in [0.29, 0.717) is 5.56 Å². The molecule has 1 aromatic rings. The van der Waals surface area contributed by atoms with Crippen LogP contribution in [0.1, 0.15) is 15.9 Å². The van der Waals surface area contributed by atoms with Gasteiger partial charge >= 0.3 is 5.97 Å². The Hall–Kier alpha value is -0.350. The van der Waals surface area contributed by atoms with Crippen LogP contribution in [-0.4, -0.2) is 11.1 Å². The second-order valence-electron chi connectivity index (χ2n) is 2.34. The lowest BCUT2D eigenvalue weighted by atomic mass is 10.1. The number of hydrogen-bond acceptors (Lipinski definition) is 1. The number of benzene rings is 1. The zero-order chi connectivity index (χ0) is 9.30. The lowest BCUT2D eigenvalue weighted by molar-refractivity contribution is 0.0696. The number of halogens is 2. The Labute approximate surface area is 86.9 Å². The van der Waals surface area contributed by atoms with E-state index in [1.54, 1.807) is 19.1 Å². The lowest BCUT2D eigenvalue weighted by Crippen LogP contribution is -1.99. The van der Waals surface area contributed by atoms with Crippen LogP contribution in [0.3, 0.4) is 0 Å². The van der Waals surface area contributed by atoms with E-state index in [-0.39, 0.29) is 0 Å². The first-order valence-electron chi connectivity index (χ1n) is 3.22. The smallest absolute Gasteiger partial charge is 0.335 e. The van der Waals surface area contributed by atoms with Gasteiger partial charge in [0.05, 0.1) is 5.56 Å². The van der Waals surface area contributed by atoms with Crippen molar-refractivity contribution in [2.45, 2.75) is 6.92 Å². The van der Waals surface area contributed by atoms with E-state index in [1.165, 1.54) is 0 Å². The average Bonchev–Trinajstić information content (AvgIpc) is 2.00. The van der Waals surface area contributed by atoms with E-state index in [4.69, 9.17) is 5.11 Å². The molecule has 0 heterocycles. The van der Waals surface area contributed by atoms with E-state index < -0.39 is 5.97 Å². The molecule has 0 saturated carbocycles. The molecule has 0 aliphatic carbocycles. The Morgan fingerprint density at radius 1 is 1.42 bits per heavy atom. The summed E-state index contributed by atoms with van der Waals surface area (Å²) in [4.78, 5) is 10.6. The highest BCUT2D eigenvalue weighted by atomic mass is 79.9. The van der Waals surface area contributed by atoms with Crippen LogP contribution in [0.25, 0.3) is 0 Å². The van der Waals surface area contributed by atoms with Gasteiger partial charge in [0.1, 0.15) is 0 Å². The van der Waals surface area contributed by atoms with Gasteiger partial charge in [-0.25, -0.2) is 4.79 Å². The van der Waals surface area contributed by atoms with E-state index in [9.17, 15) is 4.79 Å². The molecule has 12 heavy (non-hydrogen) atoms. The molecule has 0 atom stereocenters. The first kappa shape index (κ1) is 9.74. The van der Waals surface area contributed by atoms with Crippen molar-refractivity contribution in [1.29, 1.82) is 0 Å². The maximum Gasteiger partial charge on any atom is 0.335 e. The molecule has 4 heteroatoms. The van der Waals surface area contributed by atoms with Gasteiger partial charge in [0.2, 0.25) is 0 Å². The summed E-state index contributed by atoms with van der Waals surface area (Å²) >= 11 is 6.58. The van der Waals surface area contributed by atoms with Crippen molar-refractivity contribution in [3.63, 3.8) is 0 Å². The van der Waals surface area contributed by atoms with Crippen LogP contribution >= 0.6 is 31.9 Å². The van der Waals surface area contributed by atoms with Crippen molar-refractivity contribution >= 4 is 37.8 Å². The standard InChI is InChI=1S/C8H6Br2O2/c1-4-5(8(11)12)2-3-6(9)7(4)10/h2-3H,1H3,(H,11,12). The zero-order valence-electron chi connectivity index (χ0n) is 6.27. The molecule has 0 spiro atoms. The molecule has 0 bridgehead atoms. The molecule has 64 valence electrons. The maximum atomic E-state index is 10.6. The van der Waals surface area contributed by atoms with Gasteiger partial charge in [-0.05, 0) is 56.5 Å². The summed E-state index contributed by atoms with van der Waals surface area (Å²) in [5.41, 5.74) is 1.06. The molecular formula is C8H6Br2O2. The first-order valence-corrected chi connectivity index (χ1v) is 4.80. The second kappa shape index (κ2) is 3.58. The summed E-state index contributed by atoms with van der Waals surface area (Å²) in [5.74, 6) is -0.902. The molecule has 0 aliphatic heterocycles. The summed E-state index contributed by atoms with van der Waals surface area (Å²) in [5, 5.41) is 8.74. The van der Waals surface area contributed by atoms with E-state index in [1.807, 2.05) is 0 Å². The molecule has 1 rings (SSSR count).